The zero-order valence-corrected chi connectivity index (χ0v) is 17.1. The predicted molar refractivity (Wildman–Crippen MR) is 113 cm³/mol. The summed E-state index contributed by atoms with van der Waals surface area (Å²) in [5.41, 5.74) is 0.562. The molecular weight excluding hydrogens is 429 g/mol. The van der Waals surface area contributed by atoms with E-state index in [1.165, 1.54) is 36.5 Å². The minimum Gasteiger partial charge on any atom is -0.507 e. The number of ketones is 1. The van der Waals surface area contributed by atoms with Gasteiger partial charge in [0.15, 0.2) is 0 Å². The van der Waals surface area contributed by atoms with Crippen molar-refractivity contribution in [2.24, 2.45) is 0 Å². The van der Waals surface area contributed by atoms with Crippen LogP contribution in [0.2, 0.25) is 10.0 Å². The summed E-state index contributed by atoms with van der Waals surface area (Å²) >= 11 is 12.0. The van der Waals surface area contributed by atoms with Crippen molar-refractivity contribution in [1.29, 1.82) is 0 Å². The van der Waals surface area contributed by atoms with Crippen molar-refractivity contribution in [3.63, 3.8) is 0 Å². The molecule has 0 spiro atoms. The lowest BCUT2D eigenvalue weighted by molar-refractivity contribution is -0.132. The number of methoxy groups -OCH3 is 1. The quantitative estimate of drug-likeness (QED) is 0.339. The highest BCUT2D eigenvalue weighted by Crippen LogP contribution is 2.43. The van der Waals surface area contributed by atoms with Gasteiger partial charge in [-0.05, 0) is 42.5 Å². The standard InChI is InChI=1S/C22H15Cl2NO5/c1-29-14-5-2-4-13(11-14)25-19(17-6-3-9-30-17)18(21(27)22(25)28)20(26)12-7-8-15(23)16(24)10-12/h2-11,19,26H,1H3/b20-18-. The highest BCUT2D eigenvalue weighted by atomic mass is 35.5. The number of amides is 1. The Morgan fingerprint density at radius 2 is 1.87 bits per heavy atom. The average molecular weight is 444 g/mol. The second-order valence-electron chi connectivity index (χ2n) is 6.51. The van der Waals surface area contributed by atoms with E-state index in [-0.39, 0.29) is 21.9 Å². The first-order valence-corrected chi connectivity index (χ1v) is 9.62. The first-order valence-electron chi connectivity index (χ1n) is 8.86. The van der Waals surface area contributed by atoms with Crippen molar-refractivity contribution in [3.05, 3.63) is 87.8 Å². The van der Waals surface area contributed by atoms with E-state index in [1.54, 1.807) is 36.4 Å². The molecule has 1 N–H and O–H groups in total. The van der Waals surface area contributed by atoms with Gasteiger partial charge >= 0.3 is 0 Å². The fraction of sp³-hybridized carbons (Fsp3) is 0.0909. The summed E-state index contributed by atoms with van der Waals surface area (Å²) in [4.78, 5) is 27.2. The summed E-state index contributed by atoms with van der Waals surface area (Å²) < 4.78 is 10.7. The lowest BCUT2D eigenvalue weighted by atomic mass is 9.99. The zero-order valence-electron chi connectivity index (χ0n) is 15.6. The monoisotopic (exact) mass is 443 g/mol. The molecule has 4 rings (SSSR count). The van der Waals surface area contributed by atoms with E-state index in [0.717, 1.165) is 0 Å². The number of aliphatic hydroxyl groups is 1. The fourth-order valence-corrected chi connectivity index (χ4v) is 3.67. The third-order valence-corrected chi connectivity index (χ3v) is 5.52. The van der Waals surface area contributed by atoms with Gasteiger partial charge in [0.2, 0.25) is 0 Å². The van der Waals surface area contributed by atoms with Crippen LogP contribution in [-0.2, 0) is 9.59 Å². The number of furan rings is 1. The molecule has 1 aliphatic rings. The molecule has 1 aliphatic heterocycles. The summed E-state index contributed by atoms with van der Waals surface area (Å²) in [6.45, 7) is 0. The molecule has 3 aromatic rings. The van der Waals surface area contributed by atoms with Gasteiger partial charge < -0.3 is 14.3 Å². The zero-order chi connectivity index (χ0) is 21.4. The minimum atomic E-state index is -0.971. The molecule has 2 aromatic carbocycles. The fourth-order valence-electron chi connectivity index (χ4n) is 3.37. The number of halogens is 2. The number of benzene rings is 2. The Balaban J connectivity index is 1.92. The maximum absolute atomic E-state index is 13.0. The van der Waals surface area contributed by atoms with E-state index in [1.807, 2.05) is 0 Å². The van der Waals surface area contributed by atoms with Crippen LogP contribution in [0.4, 0.5) is 5.69 Å². The van der Waals surface area contributed by atoms with Crippen molar-refractivity contribution in [1.82, 2.24) is 0 Å². The molecule has 1 aromatic heterocycles. The normalized spacial score (nSPS) is 18.1. The number of rotatable bonds is 4. The summed E-state index contributed by atoms with van der Waals surface area (Å²) in [7, 11) is 1.50. The third kappa shape index (κ3) is 3.34. The Morgan fingerprint density at radius 1 is 1.07 bits per heavy atom. The van der Waals surface area contributed by atoms with Gasteiger partial charge in [0.1, 0.15) is 23.3 Å². The van der Waals surface area contributed by atoms with E-state index in [9.17, 15) is 14.7 Å². The van der Waals surface area contributed by atoms with Gasteiger partial charge in [-0.15, -0.1) is 0 Å². The predicted octanol–water partition coefficient (Wildman–Crippen LogP) is 5.22. The Labute approximate surface area is 181 Å². The Hall–Kier alpha value is -3.22. The van der Waals surface area contributed by atoms with Crippen molar-refractivity contribution in [2.45, 2.75) is 6.04 Å². The number of Topliss-reactive ketones (excluding diaryl/α,β-unsaturated/α-hetero) is 1. The molecule has 1 atom stereocenters. The molecule has 0 saturated carbocycles. The average Bonchev–Trinajstić information content (AvgIpc) is 3.37. The molecule has 1 fully saturated rings. The largest absolute Gasteiger partial charge is 0.507 e. The number of hydrogen-bond donors (Lipinski definition) is 1. The molecule has 0 bridgehead atoms. The van der Waals surface area contributed by atoms with Crippen molar-refractivity contribution in [2.75, 3.05) is 12.0 Å². The SMILES string of the molecule is COc1cccc(N2C(=O)C(=O)/C(=C(\O)c3ccc(Cl)c(Cl)c3)C2c2ccco2)c1. The van der Waals surface area contributed by atoms with Crippen LogP contribution in [0.15, 0.2) is 70.9 Å². The molecule has 152 valence electrons. The van der Waals surface area contributed by atoms with Gasteiger partial charge in [-0.3, -0.25) is 14.5 Å². The highest BCUT2D eigenvalue weighted by molar-refractivity contribution is 6.51. The van der Waals surface area contributed by atoms with Crippen LogP contribution in [0.25, 0.3) is 5.76 Å². The smallest absolute Gasteiger partial charge is 0.300 e. The Kier molecular flexibility index (Phi) is 5.28. The third-order valence-electron chi connectivity index (χ3n) is 4.78. The second-order valence-corrected chi connectivity index (χ2v) is 7.33. The number of anilines is 1. The Bertz CT molecular complexity index is 1170. The number of ether oxygens (including phenoxy) is 1. The van der Waals surface area contributed by atoms with Crippen molar-refractivity contribution < 1.29 is 23.8 Å². The lowest BCUT2D eigenvalue weighted by Gasteiger charge is -2.23. The first-order chi connectivity index (χ1) is 14.4. The molecule has 8 heteroatoms. The van der Waals surface area contributed by atoms with E-state index in [4.69, 9.17) is 32.4 Å². The van der Waals surface area contributed by atoms with Gasteiger partial charge in [0.05, 0.1) is 29.0 Å². The summed E-state index contributed by atoms with van der Waals surface area (Å²) in [5.74, 6) is -1.19. The van der Waals surface area contributed by atoms with Crippen LogP contribution < -0.4 is 9.64 Å². The lowest BCUT2D eigenvalue weighted by Crippen LogP contribution is -2.29. The van der Waals surface area contributed by atoms with E-state index >= 15 is 0 Å². The van der Waals surface area contributed by atoms with Crippen molar-refractivity contribution >= 4 is 46.3 Å². The summed E-state index contributed by atoms with van der Waals surface area (Å²) in [5, 5.41) is 11.5. The van der Waals surface area contributed by atoms with E-state index in [2.05, 4.69) is 0 Å². The van der Waals surface area contributed by atoms with E-state index in [0.29, 0.717) is 22.2 Å². The van der Waals surface area contributed by atoms with Gasteiger partial charge in [-0.25, -0.2) is 0 Å². The van der Waals surface area contributed by atoms with Gasteiger partial charge in [-0.2, -0.15) is 0 Å². The van der Waals surface area contributed by atoms with Gasteiger partial charge in [0, 0.05) is 17.3 Å². The van der Waals surface area contributed by atoms with Crippen LogP contribution >= 0.6 is 23.2 Å². The molecule has 2 heterocycles. The number of nitrogens with zero attached hydrogens (tertiary/aromatic N) is 1. The maximum Gasteiger partial charge on any atom is 0.300 e. The molecule has 1 amide bonds. The van der Waals surface area contributed by atoms with Crippen LogP contribution in [0.5, 0.6) is 5.75 Å². The Morgan fingerprint density at radius 3 is 2.53 bits per heavy atom. The summed E-state index contributed by atoms with van der Waals surface area (Å²) in [6.07, 6.45) is 1.43. The summed E-state index contributed by atoms with van der Waals surface area (Å²) in [6, 6.07) is 13.5. The topological polar surface area (TPSA) is 80.0 Å². The van der Waals surface area contributed by atoms with Crippen LogP contribution in [-0.4, -0.2) is 23.9 Å². The van der Waals surface area contributed by atoms with Crippen LogP contribution in [0, 0.1) is 0 Å². The van der Waals surface area contributed by atoms with Crippen LogP contribution in [0.1, 0.15) is 17.4 Å². The van der Waals surface area contributed by atoms with Gasteiger partial charge in [0.25, 0.3) is 11.7 Å². The maximum atomic E-state index is 13.0. The van der Waals surface area contributed by atoms with Crippen LogP contribution in [0.3, 0.4) is 0 Å². The number of hydrogen-bond acceptors (Lipinski definition) is 5. The molecule has 0 aliphatic carbocycles. The molecule has 0 radical (unpaired) electrons. The molecule has 30 heavy (non-hydrogen) atoms. The van der Waals surface area contributed by atoms with E-state index < -0.39 is 17.7 Å². The number of aliphatic hydroxyl groups excluding tert-OH is 1. The highest BCUT2D eigenvalue weighted by Gasteiger charge is 2.48. The molecular formula is C22H15Cl2NO5. The first kappa shape index (κ1) is 20.1. The molecule has 1 saturated heterocycles. The molecule has 1 unspecified atom stereocenters. The number of carbonyl (C=O) groups is 2. The molecule has 6 nitrogen and oxygen atoms in total. The van der Waals surface area contributed by atoms with Gasteiger partial charge in [-0.1, -0.05) is 29.3 Å². The van der Waals surface area contributed by atoms with Crippen molar-refractivity contribution in [3.8, 4) is 5.75 Å². The minimum absolute atomic E-state index is 0.115. The number of carbonyl (C=O) groups excluding carboxylic acids is 2. The second kappa shape index (κ2) is 7.89.